The molecule has 15 heavy (non-hydrogen) atoms. The SMILES string of the molecule is N#C/C(=C/c1ccccc1Cl)C(O)C#N. The van der Waals surface area contributed by atoms with Gasteiger partial charge in [0.25, 0.3) is 0 Å². The zero-order valence-corrected chi connectivity index (χ0v) is 8.44. The minimum atomic E-state index is -1.41. The number of rotatable bonds is 2. The smallest absolute Gasteiger partial charge is 0.175 e. The van der Waals surface area contributed by atoms with E-state index in [1.54, 1.807) is 36.4 Å². The molecule has 1 N–H and O–H groups in total. The Kier molecular flexibility index (Phi) is 3.88. The van der Waals surface area contributed by atoms with E-state index >= 15 is 0 Å². The van der Waals surface area contributed by atoms with Crippen LogP contribution in [0.4, 0.5) is 0 Å². The normalized spacial score (nSPS) is 12.7. The van der Waals surface area contributed by atoms with Crippen LogP contribution in [0.1, 0.15) is 5.56 Å². The predicted molar refractivity (Wildman–Crippen MR) is 56.7 cm³/mol. The van der Waals surface area contributed by atoms with Crippen LogP contribution in [-0.2, 0) is 0 Å². The van der Waals surface area contributed by atoms with Crippen molar-refractivity contribution < 1.29 is 5.11 Å². The van der Waals surface area contributed by atoms with Gasteiger partial charge in [0.1, 0.15) is 0 Å². The van der Waals surface area contributed by atoms with Gasteiger partial charge in [-0.25, -0.2) is 0 Å². The third-order valence-corrected chi connectivity index (χ3v) is 2.11. The number of nitriles is 2. The molecular formula is C11H7ClN2O. The first-order chi connectivity index (χ1) is 7.19. The molecule has 0 aliphatic rings. The van der Waals surface area contributed by atoms with Crippen LogP contribution in [-0.4, -0.2) is 11.2 Å². The van der Waals surface area contributed by atoms with E-state index in [1.807, 2.05) is 0 Å². The molecule has 1 aromatic carbocycles. The van der Waals surface area contributed by atoms with Gasteiger partial charge in [-0.1, -0.05) is 29.8 Å². The second-order valence-corrected chi connectivity index (χ2v) is 3.17. The zero-order chi connectivity index (χ0) is 11.3. The van der Waals surface area contributed by atoms with Gasteiger partial charge in [-0.15, -0.1) is 0 Å². The highest BCUT2D eigenvalue weighted by Crippen LogP contribution is 2.18. The van der Waals surface area contributed by atoms with Gasteiger partial charge < -0.3 is 5.11 Å². The molecule has 1 rings (SSSR count). The summed E-state index contributed by atoms with van der Waals surface area (Å²) < 4.78 is 0. The van der Waals surface area contributed by atoms with Gasteiger partial charge in [-0.2, -0.15) is 10.5 Å². The fourth-order valence-electron chi connectivity index (χ4n) is 1.00. The average molecular weight is 219 g/mol. The summed E-state index contributed by atoms with van der Waals surface area (Å²) in [5.41, 5.74) is 0.579. The van der Waals surface area contributed by atoms with Crippen molar-refractivity contribution in [3.63, 3.8) is 0 Å². The van der Waals surface area contributed by atoms with Crippen molar-refractivity contribution in [1.82, 2.24) is 0 Å². The zero-order valence-electron chi connectivity index (χ0n) is 7.68. The van der Waals surface area contributed by atoms with Gasteiger partial charge in [-0.05, 0) is 17.7 Å². The minimum absolute atomic E-state index is 0.0226. The lowest BCUT2D eigenvalue weighted by Crippen LogP contribution is -2.04. The second-order valence-electron chi connectivity index (χ2n) is 2.76. The molecule has 0 aromatic heterocycles. The third kappa shape index (κ3) is 2.82. The molecule has 1 atom stereocenters. The Hall–Kier alpha value is -1.81. The van der Waals surface area contributed by atoms with Gasteiger partial charge in [0.05, 0.1) is 17.7 Å². The molecule has 0 radical (unpaired) electrons. The van der Waals surface area contributed by atoms with E-state index in [4.69, 9.17) is 22.1 Å². The lowest BCUT2D eigenvalue weighted by atomic mass is 10.1. The molecule has 0 aliphatic carbocycles. The fourth-order valence-corrected chi connectivity index (χ4v) is 1.19. The maximum Gasteiger partial charge on any atom is 0.175 e. The lowest BCUT2D eigenvalue weighted by Gasteiger charge is -2.00. The van der Waals surface area contributed by atoms with Gasteiger partial charge >= 0.3 is 0 Å². The summed E-state index contributed by atoms with van der Waals surface area (Å²) in [5, 5.41) is 26.8. The van der Waals surface area contributed by atoms with Crippen LogP contribution in [0, 0.1) is 22.7 Å². The van der Waals surface area contributed by atoms with Crippen molar-refractivity contribution in [3.8, 4) is 12.1 Å². The van der Waals surface area contributed by atoms with Crippen molar-refractivity contribution in [3.05, 3.63) is 40.4 Å². The second kappa shape index (κ2) is 5.17. The number of nitrogens with zero attached hydrogens (tertiary/aromatic N) is 2. The summed E-state index contributed by atoms with van der Waals surface area (Å²) in [6, 6.07) is 10.2. The molecule has 4 heteroatoms. The van der Waals surface area contributed by atoms with Crippen molar-refractivity contribution in [2.45, 2.75) is 6.10 Å². The molecule has 0 bridgehead atoms. The lowest BCUT2D eigenvalue weighted by molar-refractivity contribution is 0.271. The Morgan fingerprint density at radius 1 is 1.40 bits per heavy atom. The van der Waals surface area contributed by atoms with E-state index in [0.717, 1.165) is 0 Å². The standard InChI is InChI=1S/C11H7ClN2O/c12-10-4-2-1-3-8(10)5-9(6-13)11(15)7-14/h1-5,11,15H/b9-5-. The van der Waals surface area contributed by atoms with E-state index in [9.17, 15) is 5.11 Å². The quantitative estimate of drug-likeness (QED) is 0.611. The van der Waals surface area contributed by atoms with Gasteiger partial charge in [0, 0.05) is 5.02 Å². The monoisotopic (exact) mass is 218 g/mol. The maximum absolute atomic E-state index is 9.17. The van der Waals surface area contributed by atoms with Crippen LogP contribution in [0.25, 0.3) is 6.08 Å². The van der Waals surface area contributed by atoms with Gasteiger partial charge in [0.15, 0.2) is 6.10 Å². The first-order valence-corrected chi connectivity index (χ1v) is 4.50. The highest BCUT2D eigenvalue weighted by atomic mass is 35.5. The molecule has 0 fully saturated rings. The minimum Gasteiger partial charge on any atom is -0.373 e. The van der Waals surface area contributed by atoms with Gasteiger partial charge in [-0.3, -0.25) is 0 Å². The first-order valence-electron chi connectivity index (χ1n) is 4.13. The Morgan fingerprint density at radius 3 is 2.60 bits per heavy atom. The van der Waals surface area contributed by atoms with Crippen LogP contribution in [0.2, 0.25) is 5.02 Å². The number of aliphatic hydroxyl groups excluding tert-OH is 1. The van der Waals surface area contributed by atoms with Crippen LogP contribution in [0.3, 0.4) is 0 Å². The highest BCUT2D eigenvalue weighted by Gasteiger charge is 2.09. The van der Waals surface area contributed by atoms with Crippen molar-refractivity contribution in [2.75, 3.05) is 0 Å². The molecule has 0 heterocycles. The summed E-state index contributed by atoms with van der Waals surface area (Å²) in [4.78, 5) is 0. The highest BCUT2D eigenvalue weighted by molar-refractivity contribution is 6.32. The van der Waals surface area contributed by atoms with Crippen LogP contribution < -0.4 is 0 Å². The van der Waals surface area contributed by atoms with Crippen molar-refractivity contribution >= 4 is 17.7 Å². The van der Waals surface area contributed by atoms with Gasteiger partial charge in [0.2, 0.25) is 0 Å². The van der Waals surface area contributed by atoms with Crippen molar-refractivity contribution in [1.29, 1.82) is 10.5 Å². The molecule has 1 unspecified atom stereocenters. The average Bonchev–Trinajstić information content (AvgIpc) is 2.27. The Labute approximate surface area is 92.4 Å². The molecule has 0 saturated heterocycles. The Morgan fingerprint density at radius 2 is 2.07 bits per heavy atom. The number of hydrogen-bond acceptors (Lipinski definition) is 3. The largest absolute Gasteiger partial charge is 0.373 e. The summed E-state index contributed by atoms with van der Waals surface area (Å²) >= 11 is 5.85. The van der Waals surface area contributed by atoms with Crippen LogP contribution in [0.5, 0.6) is 0 Å². The molecule has 0 aliphatic heterocycles. The van der Waals surface area contributed by atoms with E-state index < -0.39 is 6.10 Å². The number of hydrogen-bond donors (Lipinski definition) is 1. The molecule has 1 aromatic rings. The molecule has 0 amide bonds. The maximum atomic E-state index is 9.17. The number of aliphatic hydroxyl groups is 1. The molecule has 0 saturated carbocycles. The van der Waals surface area contributed by atoms with Crippen molar-refractivity contribution in [2.24, 2.45) is 0 Å². The topological polar surface area (TPSA) is 67.8 Å². The third-order valence-electron chi connectivity index (χ3n) is 1.76. The Bertz CT molecular complexity index is 468. The first kappa shape index (κ1) is 11.3. The summed E-state index contributed by atoms with van der Waals surface area (Å²) in [6.07, 6.45) is -0.0118. The van der Waals surface area contributed by atoms with E-state index in [-0.39, 0.29) is 5.57 Å². The van der Waals surface area contributed by atoms with Crippen LogP contribution in [0.15, 0.2) is 29.8 Å². The summed E-state index contributed by atoms with van der Waals surface area (Å²) in [5.74, 6) is 0. The fraction of sp³-hybridized carbons (Fsp3) is 0.0909. The van der Waals surface area contributed by atoms with E-state index in [1.165, 1.54) is 6.08 Å². The van der Waals surface area contributed by atoms with Crippen LogP contribution >= 0.6 is 11.6 Å². The summed E-state index contributed by atoms with van der Waals surface area (Å²) in [7, 11) is 0. The molecule has 74 valence electrons. The molecular weight excluding hydrogens is 212 g/mol. The number of halogens is 1. The molecule has 3 nitrogen and oxygen atoms in total. The Balaban J connectivity index is 3.12. The summed E-state index contributed by atoms with van der Waals surface area (Å²) in [6.45, 7) is 0. The number of benzene rings is 1. The van der Waals surface area contributed by atoms with E-state index in [2.05, 4.69) is 0 Å². The predicted octanol–water partition coefficient (Wildman–Crippen LogP) is 2.13. The molecule has 0 spiro atoms. The van der Waals surface area contributed by atoms with E-state index in [0.29, 0.717) is 10.6 Å².